The van der Waals surface area contributed by atoms with Crippen molar-refractivity contribution in [3.8, 4) is 5.75 Å². The van der Waals surface area contributed by atoms with E-state index in [0.717, 1.165) is 48.1 Å². The van der Waals surface area contributed by atoms with Crippen LogP contribution >= 0.6 is 0 Å². The van der Waals surface area contributed by atoms with E-state index in [1.165, 1.54) is 0 Å². The molecule has 0 saturated carbocycles. The average Bonchev–Trinajstić information content (AvgIpc) is 3.26. The van der Waals surface area contributed by atoms with E-state index >= 15 is 0 Å². The number of amides is 3. The molecule has 3 amide bonds. The molecule has 3 N–H and O–H groups in total. The molecule has 2 aromatic carbocycles. The topological polar surface area (TPSA) is 122 Å². The molecule has 10 heteroatoms. The fourth-order valence-corrected chi connectivity index (χ4v) is 4.57. The Balaban J connectivity index is 1.03. The number of cyclic esters (lactones) is 1. The van der Waals surface area contributed by atoms with Gasteiger partial charge in [-0.25, -0.2) is 9.59 Å². The van der Waals surface area contributed by atoms with Crippen molar-refractivity contribution in [1.29, 1.82) is 0 Å². The Bertz CT molecular complexity index is 1120. The maximum Gasteiger partial charge on any atom is 0.410 e. The van der Waals surface area contributed by atoms with Crippen LogP contribution in [0.2, 0.25) is 0 Å². The number of carbonyl (C=O) groups is 2. The van der Waals surface area contributed by atoms with E-state index in [2.05, 4.69) is 5.32 Å². The smallest absolute Gasteiger partial charge is 0.410 e. The predicted octanol–water partition coefficient (Wildman–Crippen LogP) is 5.11. The van der Waals surface area contributed by atoms with E-state index in [1.54, 1.807) is 11.0 Å². The quantitative estimate of drug-likeness (QED) is 0.319. The van der Waals surface area contributed by atoms with E-state index in [-0.39, 0.29) is 12.2 Å². The predicted molar refractivity (Wildman–Crippen MR) is 145 cm³/mol. The number of nitrogens with one attached hydrogen (secondary N) is 1. The minimum absolute atomic E-state index is 0.259. The van der Waals surface area contributed by atoms with Crippen LogP contribution in [0.4, 0.5) is 15.3 Å². The van der Waals surface area contributed by atoms with Crippen LogP contribution in [-0.4, -0.2) is 55.7 Å². The van der Waals surface area contributed by atoms with Crippen LogP contribution in [0.5, 0.6) is 5.75 Å². The molecule has 2 aromatic rings. The molecule has 39 heavy (non-hydrogen) atoms. The zero-order chi connectivity index (χ0) is 27.7. The number of anilines is 1. The van der Waals surface area contributed by atoms with Crippen molar-refractivity contribution in [1.82, 2.24) is 4.90 Å². The molecule has 0 unspecified atom stereocenters. The molecule has 0 aromatic heterocycles. The number of rotatable bonds is 14. The Hall–Kier alpha value is -3.34. The molecule has 0 radical (unpaired) electrons. The molecule has 2 aliphatic rings. The number of primary amides is 1. The van der Waals surface area contributed by atoms with Crippen LogP contribution < -0.4 is 15.8 Å². The Morgan fingerprint density at radius 1 is 1.08 bits per heavy atom. The molecular weight excluding hydrogens is 502 g/mol. The lowest BCUT2D eigenvalue weighted by Gasteiger charge is -2.32. The first-order valence-corrected chi connectivity index (χ1v) is 13.5. The van der Waals surface area contributed by atoms with Gasteiger partial charge in [-0.15, -0.1) is 0 Å². The highest BCUT2D eigenvalue weighted by atomic mass is 16.7. The van der Waals surface area contributed by atoms with Crippen LogP contribution in [0.3, 0.4) is 0 Å². The van der Waals surface area contributed by atoms with Gasteiger partial charge in [-0.2, -0.15) is 0 Å². The summed E-state index contributed by atoms with van der Waals surface area (Å²) in [7, 11) is 0. The average molecular weight is 542 g/mol. The summed E-state index contributed by atoms with van der Waals surface area (Å²) in [5.74, 6) is 0.183. The van der Waals surface area contributed by atoms with Gasteiger partial charge in [0.25, 0.3) is 0 Å². The van der Waals surface area contributed by atoms with Gasteiger partial charge in [0, 0.05) is 38.2 Å². The van der Waals surface area contributed by atoms with Gasteiger partial charge in [-0.1, -0.05) is 31.0 Å². The third-order valence-electron chi connectivity index (χ3n) is 6.58. The third kappa shape index (κ3) is 8.84. The van der Waals surface area contributed by atoms with Gasteiger partial charge < -0.3 is 39.6 Å². The van der Waals surface area contributed by atoms with Crippen LogP contribution in [-0.2, 0) is 32.2 Å². The second-order valence-corrected chi connectivity index (χ2v) is 10.2. The summed E-state index contributed by atoms with van der Waals surface area (Å²) in [6, 6.07) is 12.7. The lowest BCUT2D eigenvalue weighted by Crippen LogP contribution is -2.35. The Kier molecular flexibility index (Phi) is 10.0. The highest BCUT2D eigenvalue weighted by Crippen LogP contribution is 2.35. The van der Waals surface area contributed by atoms with E-state index in [4.69, 9.17) is 29.4 Å². The minimum atomic E-state index is -0.632. The maximum absolute atomic E-state index is 12.4. The molecule has 0 aliphatic carbocycles. The lowest BCUT2D eigenvalue weighted by molar-refractivity contribution is -0.180. The van der Waals surface area contributed by atoms with Gasteiger partial charge in [0.15, 0.2) is 0 Å². The molecule has 4 rings (SSSR count). The van der Waals surface area contributed by atoms with E-state index in [1.807, 2.05) is 50.2 Å². The Labute approximate surface area is 229 Å². The van der Waals surface area contributed by atoms with Gasteiger partial charge in [0.2, 0.25) is 5.79 Å². The number of ether oxygens (including phenoxy) is 5. The van der Waals surface area contributed by atoms with E-state index in [9.17, 15) is 9.59 Å². The molecule has 1 atom stereocenters. The molecule has 2 heterocycles. The first-order chi connectivity index (χ1) is 18.8. The summed E-state index contributed by atoms with van der Waals surface area (Å²) >= 11 is 0. The normalized spacial score (nSPS) is 17.8. The number of nitrogens with two attached hydrogens (primary N) is 1. The highest BCUT2D eigenvalue weighted by Gasteiger charge is 2.33. The van der Waals surface area contributed by atoms with Crippen molar-refractivity contribution in [2.24, 2.45) is 5.73 Å². The van der Waals surface area contributed by atoms with Crippen LogP contribution in [0.15, 0.2) is 42.5 Å². The summed E-state index contributed by atoms with van der Waals surface area (Å²) in [4.78, 5) is 25.1. The number of unbranched alkanes of at least 4 members (excludes halogenated alkanes) is 3. The summed E-state index contributed by atoms with van der Waals surface area (Å²) < 4.78 is 28.5. The van der Waals surface area contributed by atoms with Crippen molar-refractivity contribution >= 4 is 17.8 Å². The standard InChI is InChI=1S/C29H39N3O7/c1-29(2)37-20-23-17-22(10-11-25(23)39-29)26-18-32(28(34)38-26)12-5-3-4-6-13-35-14-15-36-19-21-8-7-9-24(16-21)31-27(30)33/h7-11,16-17,26H,3-6,12-15,18-20H2,1-2H3,(H3,30,31,33)/t26-/m0/s1. The summed E-state index contributed by atoms with van der Waals surface area (Å²) in [5, 5.41) is 2.55. The van der Waals surface area contributed by atoms with E-state index in [0.29, 0.717) is 51.8 Å². The number of hydrogen-bond donors (Lipinski definition) is 2. The monoisotopic (exact) mass is 541 g/mol. The van der Waals surface area contributed by atoms with E-state index < -0.39 is 11.8 Å². The van der Waals surface area contributed by atoms with Crippen molar-refractivity contribution < 1.29 is 33.3 Å². The molecule has 1 saturated heterocycles. The second kappa shape index (κ2) is 13.6. The van der Waals surface area contributed by atoms with Gasteiger partial charge >= 0.3 is 12.1 Å². The fraction of sp³-hybridized carbons (Fsp3) is 0.517. The molecule has 10 nitrogen and oxygen atoms in total. The largest absolute Gasteiger partial charge is 0.463 e. The molecule has 2 aliphatic heterocycles. The van der Waals surface area contributed by atoms with Crippen molar-refractivity contribution in [2.45, 2.75) is 64.6 Å². The SMILES string of the molecule is CC1(C)OCc2cc([C@@H]3CN(CCCCCCOCCOCc4cccc(NC(N)=O)c4)C(=O)O3)ccc2O1. The first kappa shape index (κ1) is 28.7. The second-order valence-electron chi connectivity index (χ2n) is 10.2. The molecule has 212 valence electrons. The zero-order valence-corrected chi connectivity index (χ0v) is 22.8. The molecular formula is C29H39N3O7. The number of benzene rings is 2. The first-order valence-electron chi connectivity index (χ1n) is 13.5. The molecule has 0 spiro atoms. The lowest BCUT2D eigenvalue weighted by atomic mass is 10.0. The van der Waals surface area contributed by atoms with Crippen molar-refractivity contribution in [3.63, 3.8) is 0 Å². The highest BCUT2D eigenvalue weighted by molar-refractivity contribution is 5.87. The fourth-order valence-electron chi connectivity index (χ4n) is 4.57. The van der Waals surface area contributed by atoms with Crippen molar-refractivity contribution in [3.05, 3.63) is 59.2 Å². The minimum Gasteiger partial charge on any atom is -0.463 e. The number of carbonyl (C=O) groups excluding carboxylic acids is 2. The van der Waals surface area contributed by atoms with Crippen LogP contribution in [0, 0.1) is 0 Å². The summed E-state index contributed by atoms with van der Waals surface area (Å²) in [6.07, 6.45) is 3.41. The van der Waals surface area contributed by atoms with Gasteiger partial charge in [0.05, 0.1) is 33.0 Å². The third-order valence-corrected chi connectivity index (χ3v) is 6.58. The molecule has 0 bridgehead atoms. The van der Waals surface area contributed by atoms with Crippen LogP contribution in [0.25, 0.3) is 0 Å². The maximum atomic E-state index is 12.4. The summed E-state index contributed by atoms with van der Waals surface area (Å²) in [5.41, 5.74) is 8.67. The number of hydrogen-bond acceptors (Lipinski definition) is 7. The van der Waals surface area contributed by atoms with Gasteiger partial charge in [-0.3, -0.25) is 0 Å². The Morgan fingerprint density at radius 3 is 2.74 bits per heavy atom. The molecule has 1 fully saturated rings. The van der Waals surface area contributed by atoms with Gasteiger partial charge in [0.1, 0.15) is 11.9 Å². The van der Waals surface area contributed by atoms with Gasteiger partial charge in [-0.05, 0) is 48.2 Å². The Morgan fingerprint density at radius 2 is 1.90 bits per heavy atom. The van der Waals surface area contributed by atoms with Crippen molar-refractivity contribution in [2.75, 3.05) is 38.2 Å². The summed E-state index contributed by atoms with van der Waals surface area (Å²) in [6.45, 7) is 7.63. The number of urea groups is 1. The number of fused-ring (bicyclic) bond motifs is 1. The zero-order valence-electron chi connectivity index (χ0n) is 22.8. The van der Waals surface area contributed by atoms with Crippen LogP contribution in [0.1, 0.15) is 62.3 Å². The number of nitrogens with zero attached hydrogens (tertiary/aromatic N) is 1.